The van der Waals surface area contributed by atoms with Gasteiger partial charge in [0, 0.05) is 31.2 Å². The number of rotatable bonds is 5. The fraction of sp³-hybridized carbons (Fsp3) is 0.643. The topological polar surface area (TPSA) is 74.6 Å². The molecule has 0 fully saturated rings. The van der Waals surface area contributed by atoms with Gasteiger partial charge in [0.15, 0.2) is 0 Å². The van der Waals surface area contributed by atoms with E-state index in [1.807, 2.05) is 23.3 Å². The zero-order valence-electron chi connectivity index (χ0n) is 13.0. The van der Waals surface area contributed by atoms with Crippen molar-refractivity contribution in [1.82, 2.24) is 24.5 Å². The zero-order valence-corrected chi connectivity index (χ0v) is 13.0. The lowest BCUT2D eigenvalue weighted by atomic mass is 10.0. The maximum atomic E-state index is 6.29. The molecule has 0 aromatic carbocycles. The van der Waals surface area contributed by atoms with Gasteiger partial charge in [-0.2, -0.15) is 10.2 Å². The Bertz CT molecular complexity index is 580. The standard InChI is InChI=1S/C14H24N6/c1-9(2)20-14(16-8-17-20)7-12(15)6-13-10(3)18-19(5)11(13)4/h8-9,12H,6-7,15H2,1-5H3. The van der Waals surface area contributed by atoms with Gasteiger partial charge in [0.2, 0.25) is 0 Å². The monoisotopic (exact) mass is 276 g/mol. The molecule has 2 aromatic heterocycles. The first-order valence-corrected chi connectivity index (χ1v) is 7.03. The lowest BCUT2D eigenvalue weighted by molar-refractivity contribution is 0.489. The minimum Gasteiger partial charge on any atom is -0.327 e. The first kappa shape index (κ1) is 14.7. The van der Waals surface area contributed by atoms with Crippen LogP contribution in [-0.4, -0.2) is 30.6 Å². The number of nitrogens with zero attached hydrogens (tertiary/aromatic N) is 5. The molecule has 0 aliphatic carbocycles. The van der Waals surface area contributed by atoms with Crippen molar-refractivity contribution < 1.29 is 0 Å². The Hall–Kier alpha value is -1.69. The van der Waals surface area contributed by atoms with Gasteiger partial charge < -0.3 is 5.73 Å². The van der Waals surface area contributed by atoms with Crippen molar-refractivity contribution in [2.24, 2.45) is 12.8 Å². The number of hydrogen-bond donors (Lipinski definition) is 1. The maximum absolute atomic E-state index is 6.29. The van der Waals surface area contributed by atoms with Crippen LogP contribution in [0.3, 0.4) is 0 Å². The van der Waals surface area contributed by atoms with E-state index in [2.05, 4.69) is 36.0 Å². The van der Waals surface area contributed by atoms with E-state index in [0.717, 1.165) is 24.4 Å². The molecule has 0 bridgehead atoms. The molecule has 0 saturated carbocycles. The summed E-state index contributed by atoms with van der Waals surface area (Å²) in [5.41, 5.74) is 9.79. The predicted molar refractivity (Wildman–Crippen MR) is 78.5 cm³/mol. The Morgan fingerprint density at radius 3 is 2.50 bits per heavy atom. The summed E-state index contributed by atoms with van der Waals surface area (Å²) in [5, 5.41) is 8.68. The molecule has 0 spiro atoms. The summed E-state index contributed by atoms with van der Waals surface area (Å²) in [6.45, 7) is 8.31. The van der Waals surface area contributed by atoms with Gasteiger partial charge in [0.25, 0.3) is 0 Å². The molecule has 0 amide bonds. The summed E-state index contributed by atoms with van der Waals surface area (Å²) in [7, 11) is 1.97. The van der Waals surface area contributed by atoms with Crippen molar-refractivity contribution in [1.29, 1.82) is 0 Å². The van der Waals surface area contributed by atoms with Crippen LogP contribution in [0.25, 0.3) is 0 Å². The number of nitrogens with two attached hydrogens (primary N) is 1. The second kappa shape index (κ2) is 5.75. The molecular weight excluding hydrogens is 252 g/mol. The molecule has 20 heavy (non-hydrogen) atoms. The van der Waals surface area contributed by atoms with Crippen LogP contribution in [0.15, 0.2) is 6.33 Å². The van der Waals surface area contributed by atoms with Crippen LogP contribution >= 0.6 is 0 Å². The highest BCUT2D eigenvalue weighted by Gasteiger charge is 2.16. The SMILES string of the molecule is Cc1nn(C)c(C)c1CC(N)Cc1ncnn1C(C)C. The molecular formula is C14H24N6. The van der Waals surface area contributed by atoms with Crippen molar-refractivity contribution in [2.75, 3.05) is 0 Å². The summed E-state index contributed by atoms with van der Waals surface area (Å²) in [6, 6.07) is 0.333. The molecule has 0 aliphatic heterocycles. The zero-order chi connectivity index (χ0) is 14.9. The lowest BCUT2D eigenvalue weighted by Gasteiger charge is -2.14. The Labute approximate surface area is 120 Å². The average Bonchev–Trinajstić information content (AvgIpc) is 2.90. The van der Waals surface area contributed by atoms with Crippen molar-refractivity contribution in [3.05, 3.63) is 29.1 Å². The predicted octanol–water partition coefficient (Wildman–Crippen LogP) is 1.32. The van der Waals surface area contributed by atoms with Crippen molar-refractivity contribution in [2.45, 2.75) is 52.6 Å². The average molecular weight is 276 g/mol. The van der Waals surface area contributed by atoms with Crippen molar-refractivity contribution >= 4 is 0 Å². The fourth-order valence-electron chi connectivity index (χ4n) is 2.53. The number of aromatic nitrogens is 5. The van der Waals surface area contributed by atoms with Crippen molar-refractivity contribution in [3.63, 3.8) is 0 Å². The maximum Gasteiger partial charge on any atom is 0.138 e. The minimum atomic E-state index is 0.0262. The van der Waals surface area contributed by atoms with E-state index in [9.17, 15) is 0 Å². The van der Waals surface area contributed by atoms with Gasteiger partial charge >= 0.3 is 0 Å². The van der Waals surface area contributed by atoms with E-state index >= 15 is 0 Å². The molecule has 2 rings (SSSR count). The van der Waals surface area contributed by atoms with Gasteiger partial charge in [0.1, 0.15) is 12.2 Å². The Kier molecular flexibility index (Phi) is 4.23. The molecule has 6 heteroatoms. The van der Waals surface area contributed by atoms with Gasteiger partial charge in [-0.05, 0) is 39.7 Å². The Morgan fingerprint density at radius 1 is 1.25 bits per heavy atom. The molecule has 2 aromatic rings. The van der Waals surface area contributed by atoms with Crippen LogP contribution in [0.5, 0.6) is 0 Å². The van der Waals surface area contributed by atoms with Gasteiger partial charge in [0.05, 0.1) is 5.69 Å². The van der Waals surface area contributed by atoms with Crippen LogP contribution in [0.2, 0.25) is 0 Å². The van der Waals surface area contributed by atoms with E-state index in [-0.39, 0.29) is 6.04 Å². The first-order chi connectivity index (χ1) is 9.40. The summed E-state index contributed by atoms with van der Waals surface area (Å²) in [5.74, 6) is 0.951. The van der Waals surface area contributed by atoms with Gasteiger partial charge in [-0.25, -0.2) is 9.67 Å². The van der Waals surface area contributed by atoms with Crippen LogP contribution in [-0.2, 0) is 19.9 Å². The van der Waals surface area contributed by atoms with Crippen LogP contribution in [0, 0.1) is 13.8 Å². The van der Waals surface area contributed by atoms with Gasteiger partial charge in [-0.15, -0.1) is 0 Å². The van der Waals surface area contributed by atoms with E-state index in [4.69, 9.17) is 5.73 Å². The highest BCUT2D eigenvalue weighted by Crippen LogP contribution is 2.15. The molecule has 0 aliphatic rings. The molecule has 2 N–H and O–H groups in total. The number of aryl methyl sites for hydroxylation is 2. The molecule has 110 valence electrons. The van der Waals surface area contributed by atoms with Gasteiger partial charge in [-0.3, -0.25) is 4.68 Å². The molecule has 2 heterocycles. The molecule has 1 atom stereocenters. The fourth-order valence-corrected chi connectivity index (χ4v) is 2.53. The summed E-state index contributed by atoms with van der Waals surface area (Å²) < 4.78 is 3.84. The summed E-state index contributed by atoms with van der Waals surface area (Å²) in [4.78, 5) is 4.32. The van der Waals surface area contributed by atoms with E-state index in [1.54, 1.807) is 6.33 Å². The quantitative estimate of drug-likeness (QED) is 0.894. The van der Waals surface area contributed by atoms with E-state index in [1.165, 1.54) is 11.3 Å². The van der Waals surface area contributed by atoms with Crippen LogP contribution in [0.4, 0.5) is 0 Å². The number of hydrogen-bond acceptors (Lipinski definition) is 4. The van der Waals surface area contributed by atoms with E-state index in [0.29, 0.717) is 6.04 Å². The smallest absolute Gasteiger partial charge is 0.138 e. The third kappa shape index (κ3) is 2.90. The first-order valence-electron chi connectivity index (χ1n) is 7.03. The van der Waals surface area contributed by atoms with Crippen LogP contribution in [0.1, 0.15) is 42.7 Å². The highest BCUT2D eigenvalue weighted by atomic mass is 15.3. The Balaban J connectivity index is 2.09. The highest BCUT2D eigenvalue weighted by molar-refractivity contribution is 5.25. The largest absolute Gasteiger partial charge is 0.327 e. The van der Waals surface area contributed by atoms with Crippen molar-refractivity contribution in [3.8, 4) is 0 Å². The minimum absolute atomic E-state index is 0.0262. The van der Waals surface area contributed by atoms with E-state index < -0.39 is 0 Å². The third-order valence-electron chi connectivity index (χ3n) is 3.71. The molecule has 0 radical (unpaired) electrons. The van der Waals surface area contributed by atoms with Crippen LogP contribution < -0.4 is 5.73 Å². The summed E-state index contributed by atoms with van der Waals surface area (Å²) >= 11 is 0. The molecule has 1 unspecified atom stereocenters. The molecule has 6 nitrogen and oxygen atoms in total. The third-order valence-corrected chi connectivity index (χ3v) is 3.71. The summed E-state index contributed by atoms with van der Waals surface area (Å²) in [6.07, 6.45) is 3.14. The Morgan fingerprint density at radius 2 is 1.95 bits per heavy atom. The lowest BCUT2D eigenvalue weighted by Crippen LogP contribution is -2.28. The normalized spacial score (nSPS) is 13.2. The van der Waals surface area contributed by atoms with Gasteiger partial charge in [-0.1, -0.05) is 0 Å². The molecule has 0 saturated heterocycles. The second-order valence-corrected chi connectivity index (χ2v) is 5.66. The second-order valence-electron chi connectivity index (χ2n) is 5.66.